The van der Waals surface area contributed by atoms with E-state index in [1.807, 2.05) is 30.3 Å². The minimum Gasteiger partial charge on any atom is -0.481 e. The Labute approximate surface area is 147 Å². The summed E-state index contributed by atoms with van der Waals surface area (Å²) in [6.45, 7) is 5.33. The van der Waals surface area contributed by atoms with Crippen molar-refractivity contribution in [3.05, 3.63) is 35.9 Å². The number of carbonyl (C=O) groups excluding carboxylic acids is 2. The molecular formula is C18H25NO6. The third-order valence-corrected chi connectivity index (χ3v) is 3.07. The topological polar surface area (TPSA) is 102 Å². The Balaban J connectivity index is 2.47. The second-order valence-electron chi connectivity index (χ2n) is 6.63. The van der Waals surface area contributed by atoms with Gasteiger partial charge in [0, 0.05) is 12.5 Å². The van der Waals surface area contributed by atoms with E-state index in [9.17, 15) is 14.4 Å². The highest BCUT2D eigenvalue weighted by molar-refractivity contribution is 5.72. The number of carboxylic acid groups (broad SMARTS) is 1. The molecular weight excluding hydrogens is 326 g/mol. The summed E-state index contributed by atoms with van der Waals surface area (Å²) in [5.74, 6) is -1.51. The third-order valence-electron chi connectivity index (χ3n) is 3.07. The van der Waals surface area contributed by atoms with Crippen LogP contribution < -0.4 is 5.32 Å². The molecule has 0 radical (unpaired) electrons. The van der Waals surface area contributed by atoms with Crippen LogP contribution in [0.5, 0.6) is 0 Å². The number of aliphatic carboxylic acids is 1. The summed E-state index contributed by atoms with van der Waals surface area (Å²) < 4.78 is 10.2. The summed E-state index contributed by atoms with van der Waals surface area (Å²) in [5.41, 5.74) is 0.211. The van der Waals surface area contributed by atoms with Gasteiger partial charge in [0.2, 0.25) is 0 Å². The van der Waals surface area contributed by atoms with E-state index in [0.717, 1.165) is 5.56 Å². The molecule has 0 fully saturated rings. The van der Waals surface area contributed by atoms with Crippen molar-refractivity contribution in [1.82, 2.24) is 5.32 Å². The minimum absolute atomic E-state index is 0.00812. The molecule has 7 heteroatoms. The van der Waals surface area contributed by atoms with E-state index in [2.05, 4.69) is 5.32 Å². The fourth-order valence-corrected chi connectivity index (χ4v) is 2.05. The van der Waals surface area contributed by atoms with Crippen LogP contribution >= 0.6 is 0 Å². The molecule has 1 rings (SSSR count). The molecule has 0 aromatic heterocycles. The van der Waals surface area contributed by atoms with Crippen LogP contribution in [-0.4, -0.2) is 34.8 Å². The Morgan fingerprint density at radius 1 is 1.16 bits per heavy atom. The van der Waals surface area contributed by atoms with Gasteiger partial charge in [0.25, 0.3) is 0 Å². The highest BCUT2D eigenvalue weighted by Crippen LogP contribution is 2.11. The van der Waals surface area contributed by atoms with E-state index in [1.54, 1.807) is 20.8 Å². The summed E-state index contributed by atoms with van der Waals surface area (Å²) in [6.07, 6.45) is -0.863. The number of benzene rings is 1. The average molecular weight is 351 g/mol. The third kappa shape index (κ3) is 10.0. The number of carbonyl (C=O) groups is 3. The Hall–Kier alpha value is -2.57. The first-order chi connectivity index (χ1) is 11.7. The molecule has 1 aromatic carbocycles. The molecule has 2 N–H and O–H groups in total. The maximum Gasteiger partial charge on any atom is 0.407 e. The van der Waals surface area contributed by atoms with Gasteiger partial charge in [0.1, 0.15) is 12.2 Å². The lowest BCUT2D eigenvalue weighted by molar-refractivity contribution is -0.155. The van der Waals surface area contributed by atoms with Crippen LogP contribution in [0.15, 0.2) is 30.3 Å². The number of carboxylic acids is 1. The van der Waals surface area contributed by atoms with Crippen LogP contribution in [0.3, 0.4) is 0 Å². The van der Waals surface area contributed by atoms with Crippen molar-refractivity contribution in [2.75, 3.05) is 0 Å². The molecule has 0 saturated carbocycles. The number of amides is 1. The average Bonchev–Trinajstić information content (AvgIpc) is 2.49. The molecule has 0 bridgehead atoms. The second-order valence-corrected chi connectivity index (χ2v) is 6.63. The predicted molar refractivity (Wildman–Crippen MR) is 90.9 cm³/mol. The van der Waals surface area contributed by atoms with Crippen LogP contribution in [0.4, 0.5) is 4.79 Å². The first-order valence-electron chi connectivity index (χ1n) is 8.06. The van der Waals surface area contributed by atoms with Gasteiger partial charge in [-0.05, 0) is 32.8 Å². The molecule has 7 nitrogen and oxygen atoms in total. The summed E-state index contributed by atoms with van der Waals surface area (Å²) in [4.78, 5) is 34.5. The number of hydrogen-bond donors (Lipinski definition) is 2. The standard InChI is InChI=1S/C18H25NO6/c1-18(2,3)25-16(22)10-9-14(11-15(20)21)19-17(23)24-12-13-7-5-4-6-8-13/h4-8,14H,9-12H2,1-3H3,(H,19,23)(H,20,21)/t14-/m1/s1. The molecule has 0 saturated heterocycles. The van der Waals surface area contributed by atoms with Crippen LogP contribution in [0, 0.1) is 0 Å². The fraction of sp³-hybridized carbons (Fsp3) is 0.500. The lowest BCUT2D eigenvalue weighted by Gasteiger charge is -2.21. The van der Waals surface area contributed by atoms with Crippen molar-refractivity contribution in [3.63, 3.8) is 0 Å². The lowest BCUT2D eigenvalue weighted by Crippen LogP contribution is -2.37. The van der Waals surface area contributed by atoms with E-state index in [0.29, 0.717) is 0 Å². The molecule has 0 spiro atoms. The van der Waals surface area contributed by atoms with Crippen LogP contribution in [0.2, 0.25) is 0 Å². The van der Waals surface area contributed by atoms with E-state index >= 15 is 0 Å². The van der Waals surface area contributed by atoms with Crippen molar-refractivity contribution in [2.45, 2.75) is 58.3 Å². The molecule has 1 amide bonds. The van der Waals surface area contributed by atoms with Crippen molar-refractivity contribution in [3.8, 4) is 0 Å². The molecule has 0 aliphatic carbocycles. The number of hydrogen-bond acceptors (Lipinski definition) is 5. The molecule has 0 unspecified atom stereocenters. The van der Waals surface area contributed by atoms with Gasteiger partial charge < -0.3 is 19.9 Å². The minimum atomic E-state index is -1.07. The van der Waals surface area contributed by atoms with Crippen molar-refractivity contribution in [1.29, 1.82) is 0 Å². The molecule has 0 aliphatic rings. The Kier molecular flexibility index (Phi) is 7.91. The summed E-state index contributed by atoms with van der Waals surface area (Å²) in [6, 6.07) is 8.40. The number of esters is 1. The van der Waals surface area contributed by atoms with Crippen LogP contribution in [0.1, 0.15) is 45.6 Å². The largest absolute Gasteiger partial charge is 0.481 e. The van der Waals surface area contributed by atoms with Gasteiger partial charge in [-0.1, -0.05) is 30.3 Å². The van der Waals surface area contributed by atoms with Gasteiger partial charge in [-0.3, -0.25) is 9.59 Å². The zero-order valence-electron chi connectivity index (χ0n) is 14.8. The number of alkyl carbamates (subject to hydrolysis) is 1. The first kappa shape index (κ1) is 20.5. The number of nitrogens with one attached hydrogen (secondary N) is 1. The summed E-state index contributed by atoms with van der Waals surface area (Å²) in [7, 11) is 0. The lowest BCUT2D eigenvalue weighted by atomic mass is 10.1. The van der Waals surface area contributed by atoms with Gasteiger partial charge >= 0.3 is 18.0 Å². The second kappa shape index (κ2) is 9.66. The Morgan fingerprint density at radius 3 is 2.36 bits per heavy atom. The Morgan fingerprint density at radius 2 is 1.80 bits per heavy atom. The van der Waals surface area contributed by atoms with Gasteiger partial charge in [-0.25, -0.2) is 4.79 Å². The first-order valence-corrected chi connectivity index (χ1v) is 8.06. The van der Waals surface area contributed by atoms with E-state index < -0.39 is 29.7 Å². The van der Waals surface area contributed by atoms with E-state index in [-0.39, 0.29) is 25.9 Å². The van der Waals surface area contributed by atoms with Gasteiger partial charge in [0.05, 0.1) is 6.42 Å². The molecule has 0 heterocycles. The summed E-state index contributed by atoms with van der Waals surface area (Å²) in [5, 5.41) is 11.4. The molecule has 1 atom stereocenters. The van der Waals surface area contributed by atoms with Crippen molar-refractivity contribution in [2.24, 2.45) is 0 Å². The normalized spacial score (nSPS) is 12.1. The molecule has 25 heavy (non-hydrogen) atoms. The van der Waals surface area contributed by atoms with Crippen molar-refractivity contribution >= 4 is 18.0 Å². The predicted octanol–water partition coefficient (Wildman–Crippen LogP) is 2.88. The number of ether oxygens (including phenoxy) is 2. The quantitative estimate of drug-likeness (QED) is 0.698. The Bertz CT molecular complexity index is 579. The van der Waals surface area contributed by atoms with Gasteiger partial charge in [-0.2, -0.15) is 0 Å². The zero-order valence-corrected chi connectivity index (χ0v) is 14.8. The van der Waals surface area contributed by atoms with Crippen molar-refractivity contribution < 1.29 is 29.0 Å². The fourth-order valence-electron chi connectivity index (χ4n) is 2.05. The van der Waals surface area contributed by atoms with Gasteiger partial charge in [0.15, 0.2) is 0 Å². The zero-order chi connectivity index (χ0) is 18.9. The maximum atomic E-state index is 11.8. The maximum absolute atomic E-state index is 11.8. The van der Waals surface area contributed by atoms with E-state index in [1.165, 1.54) is 0 Å². The molecule has 1 aromatic rings. The SMILES string of the molecule is CC(C)(C)OC(=O)CC[C@H](CC(=O)O)NC(=O)OCc1ccccc1. The summed E-state index contributed by atoms with van der Waals surface area (Å²) >= 11 is 0. The van der Waals surface area contributed by atoms with Gasteiger partial charge in [-0.15, -0.1) is 0 Å². The molecule has 0 aliphatic heterocycles. The number of rotatable bonds is 8. The van der Waals surface area contributed by atoms with E-state index in [4.69, 9.17) is 14.6 Å². The molecule has 138 valence electrons. The highest BCUT2D eigenvalue weighted by Gasteiger charge is 2.21. The smallest absolute Gasteiger partial charge is 0.407 e. The monoisotopic (exact) mass is 351 g/mol. The van der Waals surface area contributed by atoms with Crippen LogP contribution in [0.25, 0.3) is 0 Å². The highest BCUT2D eigenvalue weighted by atomic mass is 16.6. The van der Waals surface area contributed by atoms with Crippen LogP contribution in [-0.2, 0) is 25.7 Å².